The number of aldehydes is 1. The zero-order valence-corrected chi connectivity index (χ0v) is 12.5. The summed E-state index contributed by atoms with van der Waals surface area (Å²) >= 11 is 0. The minimum Gasteiger partial charge on any atom is -0.382 e. The average molecular weight is 348 g/mol. The summed E-state index contributed by atoms with van der Waals surface area (Å²) in [5.41, 5.74) is 11.9. The summed E-state index contributed by atoms with van der Waals surface area (Å²) in [4.78, 5) is 22.8. The van der Waals surface area contributed by atoms with Crippen LogP contribution in [0.4, 0.5) is 11.8 Å². The maximum atomic E-state index is 12.0. The molecule has 24 heavy (non-hydrogen) atoms. The Labute approximate surface area is 134 Å². The van der Waals surface area contributed by atoms with E-state index in [4.69, 9.17) is 19.9 Å². The van der Waals surface area contributed by atoms with Gasteiger partial charge in [0.25, 0.3) is 0 Å². The van der Waals surface area contributed by atoms with Crippen LogP contribution in [-0.2, 0) is 10.4 Å². The number of carbonyl (C=O) groups is 1. The number of nitrogens with zero attached hydrogens (tertiary/aromatic N) is 4. The fourth-order valence-corrected chi connectivity index (χ4v) is 3.04. The molecule has 0 saturated carbocycles. The molecule has 4 N–H and O–H groups in total. The number of rotatable bonds is 1. The fourth-order valence-electron chi connectivity index (χ4n) is 2.33. The maximum absolute atomic E-state index is 12.0. The van der Waals surface area contributed by atoms with Crippen LogP contribution in [0.5, 0.6) is 5.75 Å². The van der Waals surface area contributed by atoms with Crippen LogP contribution in [0, 0.1) is 0 Å². The number of hydrogen-bond donors (Lipinski definition) is 2. The summed E-state index contributed by atoms with van der Waals surface area (Å²) in [7, 11) is -4.49. The van der Waals surface area contributed by atoms with E-state index in [1.54, 1.807) is 0 Å². The predicted molar refractivity (Wildman–Crippen MR) is 81.1 cm³/mol. The zero-order chi connectivity index (χ0) is 17.1. The van der Waals surface area contributed by atoms with E-state index < -0.39 is 10.4 Å². The van der Waals surface area contributed by atoms with Gasteiger partial charge in [-0.25, -0.2) is 4.98 Å². The second kappa shape index (κ2) is 4.55. The van der Waals surface area contributed by atoms with Gasteiger partial charge in [0.2, 0.25) is 5.95 Å². The predicted octanol–water partition coefficient (Wildman–Crippen LogP) is -0.464. The van der Waals surface area contributed by atoms with Crippen LogP contribution >= 0.6 is 0 Å². The van der Waals surface area contributed by atoms with Crippen LogP contribution in [0.3, 0.4) is 0 Å². The van der Waals surface area contributed by atoms with Crippen molar-refractivity contribution in [2.24, 2.45) is 0 Å². The highest BCUT2D eigenvalue weighted by molar-refractivity contribution is 7.82. The molecular weight excluding hydrogens is 340 g/mol. The van der Waals surface area contributed by atoms with Crippen LogP contribution in [0.1, 0.15) is 10.4 Å². The lowest BCUT2D eigenvalue weighted by atomic mass is 10.1. The minimum absolute atomic E-state index is 0.0266. The summed E-state index contributed by atoms with van der Waals surface area (Å²) in [5.74, 6) is -0.290. The number of carbonyl (C=O) groups excluding carboxylic acids is 1. The van der Waals surface area contributed by atoms with Crippen molar-refractivity contribution >= 4 is 39.6 Å². The largest absolute Gasteiger partial charge is 0.520 e. The molecule has 0 bridgehead atoms. The van der Waals surface area contributed by atoms with Crippen molar-refractivity contribution in [2.75, 3.05) is 11.5 Å². The molecule has 1 aliphatic heterocycles. The lowest BCUT2D eigenvalue weighted by Crippen LogP contribution is -2.23. The SMILES string of the molecule is Nc1nc(N)c2c(n1)nc1n2OS(=O)(=O)Oc2cc(C=O)ccc2-1. The van der Waals surface area contributed by atoms with Crippen molar-refractivity contribution in [1.82, 2.24) is 19.7 Å². The van der Waals surface area contributed by atoms with E-state index in [0.717, 1.165) is 4.73 Å². The average Bonchev–Trinajstić information content (AvgIpc) is 2.79. The van der Waals surface area contributed by atoms with Gasteiger partial charge in [0, 0.05) is 5.56 Å². The van der Waals surface area contributed by atoms with E-state index in [1.165, 1.54) is 18.2 Å². The molecule has 3 heterocycles. The van der Waals surface area contributed by atoms with E-state index in [2.05, 4.69) is 15.0 Å². The number of nitrogen functional groups attached to an aromatic ring is 2. The van der Waals surface area contributed by atoms with Crippen LogP contribution in [0.25, 0.3) is 22.6 Å². The summed E-state index contributed by atoms with van der Waals surface area (Å²) < 4.78 is 34.7. The highest BCUT2D eigenvalue weighted by Crippen LogP contribution is 2.36. The van der Waals surface area contributed by atoms with E-state index in [1.807, 2.05) is 0 Å². The number of anilines is 2. The van der Waals surface area contributed by atoms with E-state index in [-0.39, 0.29) is 45.6 Å². The molecule has 0 amide bonds. The number of aromatic nitrogens is 4. The Kier molecular flexibility index (Phi) is 2.69. The standard InChI is InChI=1S/C12H8N6O5S/c13-9-8-10(17-12(14)15-9)16-11-6-2-1-5(4-19)3-7(6)22-24(20,21)23-18(8)11/h1-4H,(H4,13,14,15,17). The van der Waals surface area contributed by atoms with Crippen molar-refractivity contribution in [1.29, 1.82) is 0 Å². The molecule has 0 radical (unpaired) electrons. The lowest BCUT2D eigenvalue weighted by Gasteiger charge is -2.06. The molecule has 2 aromatic heterocycles. The molecule has 4 rings (SSSR count). The normalized spacial score (nSPS) is 14.8. The Morgan fingerprint density at radius 3 is 2.71 bits per heavy atom. The second-order valence-electron chi connectivity index (χ2n) is 4.81. The van der Waals surface area contributed by atoms with Gasteiger partial charge in [-0.05, 0) is 12.1 Å². The molecule has 0 unspecified atom stereocenters. The zero-order valence-electron chi connectivity index (χ0n) is 11.7. The first-order valence-electron chi connectivity index (χ1n) is 6.43. The monoisotopic (exact) mass is 348 g/mol. The number of fused-ring (bicyclic) bond motifs is 5. The second-order valence-corrected chi connectivity index (χ2v) is 5.94. The number of benzene rings is 1. The van der Waals surface area contributed by atoms with Crippen molar-refractivity contribution in [3.63, 3.8) is 0 Å². The number of imidazole rings is 1. The first-order chi connectivity index (χ1) is 11.4. The Balaban J connectivity index is 2.12. The van der Waals surface area contributed by atoms with Crippen molar-refractivity contribution < 1.29 is 21.7 Å². The Hall–Kier alpha value is -3.41. The molecule has 1 aliphatic rings. The fraction of sp³-hybridized carbons (Fsp3) is 0. The molecule has 3 aromatic rings. The Morgan fingerprint density at radius 1 is 1.17 bits per heavy atom. The van der Waals surface area contributed by atoms with E-state index in [9.17, 15) is 13.2 Å². The molecule has 0 spiro atoms. The van der Waals surface area contributed by atoms with Gasteiger partial charge in [-0.15, -0.1) is 13.1 Å². The van der Waals surface area contributed by atoms with Gasteiger partial charge in [0.1, 0.15) is 6.29 Å². The lowest BCUT2D eigenvalue weighted by molar-refractivity contribution is 0.112. The molecule has 1 aromatic carbocycles. The minimum atomic E-state index is -4.49. The number of nitrogens with two attached hydrogens (primary N) is 2. The number of hydrogen-bond acceptors (Lipinski definition) is 10. The van der Waals surface area contributed by atoms with E-state index >= 15 is 0 Å². The van der Waals surface area contributed by atoms with Crippen LogP contribution in [-0.4, -0.2) is 34.4 Å². The Bertz CT molecular complexity index is 1120. The molecule has 11 nitrogen and oxygen atoms in total. The maximum Gasteiger partial charge on any atom is 0.520 e. The van der Waals surface area contributed by atoms with Crippen molar-refractivity contribution in [2.45, 2.75) is 0 Å². The van der Waals surface area contributed by atoms with Gasteiger partial charge < -0.3 is 15.7 Å². The van der Waals surface area contributed by atoms with Gasteiger partial charge in [-0.2, -0.15) is 9.97 Å². The topological polar surface area (TPSA) is 165 Å². The van der Waals surface area contributed by atoms with Crippen molar-refractivity contribution in [3.05, 3.63) is 23.8 Å². The van der Waals surface area contributed by atoms with Gasteiger partial charge in [-0.1, -0.05) is 6.07 Å². The molecular formula is C12H8N6O5S. The van der Waals surface area contributed by atoms with Crippen molar-refractivity contribution in [3.8, 4) is 17.1 Å². The summed E-state index contributed by atoms with van der Waals surface area (Å²) in [5, 5.41) is 0. The summed E-state index contributed by atoms with van der Waals surface area (Å²) in [6.45, 7) is 0. The first kappa shape index (κ1) is 14.2. The molecule has 122 valence electrons. The third-order valence-electron chi connectivity index (χ3n) is 3.26. The molecule has 0 aliphatic carbocycles. The molecule has 0 atom stereocenters. The van der Waals surface area contributed by atoms with Crippen LogP contribution in [0.15, 0.2) is 18.2 Å². The highest BCUT2D eigenvalue weighted by Gasteiger charge is 2.31. The first-order valence-corrected chi connectivity index (χ1v) is 7.77. The quantitative estimate of drug-likeness (QED) is 0.549. The smallest absolute Gasteiger partial charge is 0.382 e. The van der Waals surface area contributed by atoms with Gasteiger partial charge in [0.15, 0.2) is 28.6 Å². The molecule has 0 saturated heterocycles. The van der Waals surface area contributed by atoms with Crippen LogP contribution < -0.4 is 19.9 Å². The Morgan fingerprint density at radius 2 is 1.96 bits per heavy atom. The van der Waals surface area contributed by atoms with Crippen LogP contribution in [0.2, 0.25) is 0 Å². The highest BCUT2D eigenvalue weighted by atomic mass is 32.3. The van der Waals surface area contributed by atoms with Gasteiger partial charge >= 0.3 is 10.4 Å². The van der Waals surface area contributed by atoms with Gasteiger partial charge in [-0.3, -0.25) is 9.08 Å². The summed E-state index contributed by atoms with van der Waals surface area (Å²) in [6, 6.07) is 4.19. The summed E-state index contributed by atoms with van der Waals surface area (Å²) in [6.07, 6.45) is 0.551. The van der Waals surface area contributed by atoms with Gasteiger partial charge in [0.05, 0.1) is 5.56 Å². The third-order valence-corrected chi connectivity index (χ3v) is 3.97. The molecule has 12 heteroatoms. The molecule has 0 fully saturated rings. The third kappa shape index (κ3) is 2.00. The van der Waals surface area contributed by atoms with E-state index in [0.29, 0.717) is 6.29 Å².